The van der Waals surface area contributed by atoms with Crippen LogP contribution >= 0.6 is 27.5 Å². The van der Waals surface area contributed by atoms with Gasteiger partial charge < -0.3 is 5.32 Å². The van der Waals surface area contributed by atoms with Crippen molar-refractivity contribution in [2.45, 2.75) is 6.92 Å². The van der Waals surface area contributed by atoms with E-state index in [0.29, 0.717) is 10.6 Å². The zero-order valence-electron chi connectivity index (χ0n) is 9.71. The Morgan fingerprint density at radius 3 is 2.50 bits per heavy atom. The summed E-state index contributed by atoms with van der Waals surface area (Å²) in [5, 5.41) is 3.43. The lowest BCUT2D eigenvalue weighted by Crippen LogP contribution is -2.13. The van der Waals surface area contributed by atoms with Crippen molar-refractivity contribution < 1.29 is 4.79 Å². The fourth-order valence-electron chi connectivity index (χ4n) is 1.59. The monoisotopic (exact) mass is 323 g/mol. The van der Waals surface area contributed by atoms with E-state index in [9.17, 15) is 4.79 Å². The minimum absolute atomic E-state index is 0.155. The van der Waals surface area contributed by atoms with E-state index in [1.54, 1.807) is 18.2 Å². The molecule has 2 nitrogen and oxygen atoms in total. The number of carbonyl (C=O) groups excluding carboxylic acids is 1. The maximum atomic E-state index is 12.1. The molecule has 0 spiro atoms. The van der Waals surface area contributed by atoms with Crippen LogP contribution in [0, 0.1) is 6.92 Å². The van der Waals surface area contributed by atoms with Crippen LogP contribution in [0.3, 0.4) is 0 Å². The van der Waals surface area contributed by atoms with Crippen molar-refractivity contribution in [3.8, 4) is 0 Å². The van der Waals surface area contributed by atoms with Gasteiger partial charge in [0.1, 0.15) is 0 Å². The molecule has 0 fully saturated rings. The van der Waals surface area contributed by atoms with Crippen molar-refractivity contribution in [1.29, 1.82) is 0 Å². The molecule has 2 aromatic rings. The number of rotatable bonds is 2. The Kier molecular flexibility index (Phi) is 4.04. The summed E-state index contributed by atoms with van der Waals surface area (Å²) in [4.78, 5) is 12.1. The number of hydrogen-bond donors (Lipinski definition) is 1. The first-order valence-electron chi connectivity index (χ1n) is 5.40. The first kappa shape index (κ1) is 13.1. The van der Waals surface area contributed by atoms with Gasteiger partial charge in [-0.1, -0.05) is 33.6 Å². The number of halogens is 2. The molecule has 1 N–H and O–H groups in total. The molecule has 0 unspecified atom stereocenters. The van der Waals surface area contributed by atoms with Gasteiger partial charge in [-0.2, -0.15) is 0 Å². The van der Waals surface area contributed by atoms with Crippen LogP contribution in [0.25, 0.3) is 0 Å². The summed E-state index contributed by atoms with van der Waals surface area (Å²) < 4.78 is 0.972. The van der Waals surface area contributed by atoms with Gasteiger partial charge in [-0.15, -0.1) is 0 Å². The molecule has 0 heterocycles. The van der Waals surface area contributed by atoms with Gasteiger partial charge in [0, 0.05) is 20.7 Å². The summed E-state index contributed by atoms with van der Waals surface area (Å²) in [5.41, 5.74) is 2.13. The van der Waals surface area contributed by atoms with Gasteiger partial charge in [0.05, 0.1) is 0 Å². The van der Waals surface area contributed by atoms with E-state index in [4.69, 9.17) is 11.6 Å². The van der Waals surface area contributed by atoms with E-state index < -0.39 is 0 Å². The maximum Gasteiger partial charge on any atom is 0.255 e. The minimum Gasteiger partial charge on any atom is -0.322 e. The van der Waals surface area contributed by atoms with Gasteiger partial charge in [0.25, 0.3) is 5.91 Å². The molecule has 0 bridgehead atoms. The predicted octanol–water partition coefficient (Wildman–Crippen LogP) is 4.66. The van der Waals surface area contributed by atoms with Gasteiger partial charge in [0.2, 0.25) is 0 Å². The third-order valence-electron chi connectivity index (χ3n) is 2.61. The Balaban J connectivity index is 2.22. The lowest BCUT2D eigenvalue weighted by atomic mass is 10.1. The number of amides is 1. The van der Waals surface area contributed by atoms with Gasteiger partial charge in [-0.05, 0) is 48.9 Å². The predicted molar refractivity (Wildman–Crippen MR) is 78.3 cm³/mol. The quantitative estimate of drug-likeness (QED) is 0.855. The van der Waals surface area contributed by atoms with Gasteiger partial charge >= 0.3 is 0 Å². The van der Waals surface area contributed by atoms with Crippen LogP contribution in [-0.4, -0.2) is 5.91 Å². The summed E-state index contributed by atoms with van der Waals surface area (Å²) in [5.74, 6) is -0.155. The molecule has 0 radical (unpaired) electrons. The molecule has 0 atom stereocenters. The van der Waals surface area contributed by atoms with Crippen LogP contribution in [0.2, 0.25) is 5.02 Å². The zero-order chi connectivity index (χ0) is 13.1. The highest BCUT2D eigenvalue weighted by atomic mass is 79.9. The van der Waals surface area contributed by atoms with Gasteiger partial charge in [0.15, 0.2) is 0 Å². The lowest BCUT2D eigenvalue weighted by molar-refractivity contribution is 0.102. The standard InChI is InChI=1S/C14H11BrClNO/c1-9-12(3-2-4-13(9)16)14(18)17-11-7-5-10(15)6-8-11/h2-8H,1H3,(H,17,18). The van der Waals surface area contributed by atoms with Crippen molar-refractivity contribution in [2.75, 3.05) is 5.32 Å². The summed E-state index contributed by atoms with van der Waals surface area (Å²) in [7, 11) is 0. The summed E-state index contributed by atoms with van der Waals surface area (Å²) in [6, 6.07) is 12.7. The molecule has 0 aliphatic heterocycles. The average Bonchev–Trinajstić information content (AvgIpc) is 2.35. The number of nitrogens with one attached hydrogen (secondary N) is 1. The third kappa shape index (κ3) is 2.92. The molecule has 4 heteroatoms. The van der Waals surface area contributed by atoms with Crippen LogP contribution in [0.4, 0.5) is 5.69 Å². The fourth-order valence-corrected chi connectivity index (χ4v) is 2.02. The molecule has 0 aromatic heterocycles. The van der Waals surface area contributed by atoms with E-state index in [0.717, 1.165) is 15.7 Å². The molecule has 0 saturated carbocycles. The second-order valence-corrected chi connectivity index (χ2v) is 5.20. The molecule has 0 aliphatic rings. The van der Waals surface area contributed by atoms with Gasteiger partial charge in [-0.25, -0.2) is 0 Å². The normalized spacial score (nSPS) is 10.2. The Morgan fingerprint density at radius 1 is 1.17 bits per heavy atom. The summed E-state index contributed by atoms with van der Waals surface area (Å²) in [6.07, 6.45) is 0. The van der Waals surface area contributed by atoms with Crippen LogP contribution in [0.5, 0.6) is 0 Å². The lowest BCUT2D eigenvalue weighted by Gasteiger charge is -2.08. The Morgan fingerprint density at radius 2 is 1.83 bits per heavy atom. The largest absolute Gasteiger partial charge is 0.322 e. The fraction of sp³-hybridized carbons (Fsp3) is 0.0714. The summed E-state index contributed by atoms with van der Waals surface area (Å²) in [6.45, 7) is 1.83. The smallest absolute Gasteiger partial charge is 0.255 e. The van der Waals surface area contributed by atoms with Crippen LogP contribution in [-0.2, 0) is 0 Å². The van der Waals surface area contributed by atoms with E-state index in [1.807, 2.05) is 31.2 Å². The summed E-state index contributed by atoms with van der Waals surface area (Å²) >= 11 is 9.34. The highest BCUT2D eigenvalue weighted by Gasteiger charge is 2.10. The molecule has 1 amide bonds. The third-order valence-corrected chi connectivity index (χ3v) is 3.55. The molecule has 92 valence electrons. The molecule has 0 aliphatic carbocycles. The molecular formula is C14H11BrClNO. The highest BCUT2D eigenvalue weighted by Crippen LogP contribution is 2.20. The molecule has 2 rings (SSSR count). The van der Waals surface area contributed by atoms with Crippen molar-refractivity contribution in [3.63, 3.8) is 0 Å². The average molecular weight is 325 g/mol. The number of hydrogen-bond acceptors (Lipinski definition) is 1. The minimum atomic E-state index is -0.155. The highest BCUT2D eigenvalue weighted by molar-refractivity contribution is 9.10. The first-order chi connectivity index (χ1) is 8.58. The Bertz CT molecular complexity index is 581. The second-order valence-electron chi connectivity index (χ2n) is 3.87. The van der Waals surface area contributed by atoms with Crippen LogP contribution in [0.1, 0.15) is 15.9 Å². The topological polar surface area (TPSA) is 29.1 Å². The van der Waals surface area contributed by atoms with Crippen molar-refractivity contribution >= 4 is 39.1 Å². The Labute approximate surface area is 119 Å². The SMILES string of the molecule is Cc1c(Cl)cccc1C(=O)Nc1ccc(Br)cc1. The molecule has 2 aromatic carbocycles. The molecular weight excluding hydrogens is 314 g/mol. The van der Waals surface area contributed by atoms with Crippen molar-refractivity contribution in [3.05, 3.63) is 63.1 Å². The first-order valence-corrected chi connectivity index (χ1v) is 6.57. The number of benzene rings is 2. The number of carbonyl (C=O) groups is 1. The van der Waals surface area contributed by atoms with E-state index >= 15 is 0 Å². The van der Waals surface area contributed by atoms with E-state index in [2.05, 4.69) is 21.2 Å². The molecule has 0 saturated heterocycles. The van der Waals surface area contributed by atoms with Gasteiger partial charge in [-0.3, -0.25) is 4.79 Å². The molecule has 18 heavy (non-hydrogen) atoms. The van der Waals surface area contributed by atoms with E-state index in [1.165, 1.54) is 0 Å². The van der Waals surface area contributed by atoms with Crippen LogP contribution < -0.4 is 5.32 Å². The maximum absolute atomic E-state index is 12.1. The van der Waals surface area contributed by atoms with Crippen molar-refractivity contribution in [1.82, 2.24) is 0 Å². The second kappa shape index (κ2) is 5.55. The van der Waals surface area contributed by atoms with Crippen molar-refractivity contribution in [2.24, 2.45) is 0 Å². The van der Waals surface area contributed by atoms with Crippen LogP contribution in [0.15, 0.2) is 46.9 Å². The Hall–Kier alpha value is -1.32. The number of anilines is 1. The zero-order valence-corrected chi connectivity index (χ0v) is 12.0. The van der Waals surface area contributed by atoms with E-state index in [-0.39, 0.29) is 5.91 Å².